The van der Waals surface area contributed by atoms with Crippen molar-refractivity contribution in [3.63, 3.8) is 0 Å². The van der Waals surface area contributed by atoms with Crippen molar-refractivity contribution in [3.8, 4) is 5.75 Å². The van der Waals surface area contributed by atoms with E-state index in [1.165, 1.54) is 13.2 Å². The second-order valence-corrected chi connectivity index (χ2v) is 5.42. The molecule has 0 saturated heterocycles. The second kappa shape index (κ2) is 6.98. The van der Waals surface area contributed by atoms with E-state index in [9.17, 15) is 14.7 Å². The average molecular weight is 328 g/mol. The van der Waals surface area contributed by atoms with E-state index in [1.807, 2.05) is 6.92 Å². The van der Waals surface area contributed by atoms with Gasteiger partial charge in [0.15, 0.2) is 6.04 Å². The molecule has 6 nitrogen and oxygen atoms in total. The third kappa shape index (κ3) is 3.69. The Kier molecular flexibility index (Phi) is 5.26. The smallest absolute Gasteiger partial charge is 0.330 e. The van der Waals surface area contributed by atoms with E-state index in [0.717, 1.165) is 0 Å². The van der Waals surface area contributed by atoms with E-state index < -0.39 is 12.0 Å². The first-order valence-corrected chi connectivity index (χ1v) is 7.34. The maximum atomic E-state index is 12.1. The zero-order valence-electron chi connectivity index (χ0n) is 12.3. The van der Waals surface area contributed by atoms with E-state index in [4.69, 9.17) is 21.1 Å². The van der Waals surface area contributed by atoms with Crippen LogP contribution in [-0.4, -0.2) is 36.8 Å². The number of halogens is 1. The van der Waals surface area contributed by atoms with Gasteiger partial charge in [-0.2, -0.15) is 0 Å². The molecule has 120 valence electrons. The third-order valence-electron chi connectivity index (χ3n) is 3.49. The molecule has 0 radical (unpaired) electrons. The molecule has 1 saturated carbocycles. The number of aliphatic carboxylic acids is 1. The number of carboxylic acid groups (broad SMARTS) is 1. The molecule has 2 rings (SSSR count). The zero-order chi connectivity index (χ0) is 16.3. The maximum absolute atomic E-state index is 12.1. The van der Waals surface area contributed by atoms with Gasteiger partial charge in [-0.15, -0.1) is 0 Å². The zero-order valence-corrected chi connectivity index (χ0v) is 13.1. The molecule has 7 heteroatoms. The van der Waals surface area contributed by atoms with Crippen LogP contribution in [-0.2, 0) is 14.3 Å². The van der Waals surface area contributed by atoms with Crippen LogP contribution in [0.3, 0.4) is 0 Å². The van der Waals surface area contributed by atoms with E-state index in [0.29, 0.717) is 29.4 Å². The fourth-order valence-corrected chi connectivity index (χ4v) is 2.51. The highest BCUT2D eigenvalue weighted by molar-refractivity contribution is 6.32. The third-order valence-corrected chi connectivity index (χ3v) is 3.79. The second-order valence-electron chi connectivity index (χ2n) is 5.01. The topological polar surface area (TPSA) is 84.9 Å². The summed E-state index contributed by atoms with van der Waals surface area (Å²) < 4.78 is 10.4. The first-order valence-electron chi connectivity index (χ1n) is 6.96. The normalized spacial score (nSPS) is 21.0. The van der Waals surface area contributed by atoms with Crippen molar-refractivity contribution in [3.05, 3.63) is 28.8 Å². The SMILES string of the molecule is CCOC1CC1C(=O)NC(C(=O)O)c1ccc(OC)c(Cl)c1. The first-order chi connectivity index (χ1) is 10.5. The highest BCUT2D eigenvalue weighted by Crippen LogP contribution is 2.35. The largest absolute Gasteiger partial charge is 0.495 e. The Morgan fingerprint density at radius 3 is 2.77 bits per heavy atom. The van der Waals surface area contributed by atoms with Gasteiger partial charge < -0.3 is 19.9 Å². The minimum absolute atomic E-state index is 0.112. The fourth-order valence-electron chi connectivity index (χ4n) is 2.24. The number of benzene rings is 1. The molecule has 22 heavy (non-hydrogen) atoms. The molecule has 1 aromatic carbocycles. The van der Waals surface area contributed by atoms with Crippen LogP contribution in [0.25, 0.3) is 0 Å². The monoisotopic (exact) mass is 327 g/mol. The van der Waals surface area contributed by atoms with Gasteiger partial charge in [0.1, 0.15) is 5.75 Å². The number of ether oxygens (including phenoxy) is 2. The van der Waals surface area contributed by atoms with Crippen LogP contribution in [0.4, 0.5) is 0 Å². The summed E-state index contributed by atoms with van der Waals surface area (Å²) in [4.78, 5) is 23.5. The van der Waals surface area contributed by atoms with Gasteiger partial charge in [0.2, 0.25) is 5.91 Å². The summed E-state index contributed by atoms with van der Waals surface area (Å²) in [7, 11) is 1.47. The maximum Gasteiger partial charge on any atom is 0.330 e. The number of carboxylic acids is 1. The van der Waals surface area contributed by atoms with Gasteiger partial charge in [0, 0.05) is 6.61 Å². The minimum Gasteiger partial charge on any atom is -0.495 e. The fraction of sp³-hybridized carbons (Fsp3) is 0.467. The Balaban J connectivity index is 2.09. The number of methoxy groups -OCH3 is 1. The lowest BCUT2D eigenvalue weighted by atomic mass is 10.1. The number of carbonyl (C=O) groups is 2. The molecule has 3 unspecified atom stereocenters. The summed E-state index contributed by atoms with van der Waals surface area (Å²) in [5, 5.41) is 12.2. The lowest BCUT2D eigenvalue weighted by molar-refractivity contribution is -0.142. The van der Waals surface area contributed by atoms with Crippen molar-refractivity contribution in [1.29, 1.82) is 0 Å². The van der Waals surface area contributed by atoms with Crippen LogP contribution >= 0.6 is 11.6 Å². The summed E-state index contributed by atoms with van der Waals surface area (Å²) in [6, 6.07) is 3.46. The van der Waals surface area contributed by atoms with Gasteiger partial charge in [-0.05, 0) is 31.0 Å². The Morgan fingerprint density at radius 2 is 2.23 bits per heavy atom. The Hall–Kier alpha value is -1.79. The van der Waals surface area contributed by atoms with Gasteiger partial charge in [0.05, 0.1) is 24.2 Å². The van der Waals surface area contributed by atoms with Crippen LogP contribution in [0.2, 0.25) is 5.02 Å². The van der Waals surface area contributed by atoms with Gasteiger partial charge in [-0.3, -0.25) is 4.79 Å². The standard InChI is InChI=1S/C15H18ClNO5/c1-3-22-12-7-9(12)14(18)17-13(15(19)20)8-4-5-11(21-2)10(16)6-8/h4-6,9,12-13H,3,7H2,1-2H3,(H,17,18)(H,19,20). The van der Waals surface area contributed by atoms with Crippen LogP contribution in [0.5, 0.6) is 5.75 Å². The van der Waals surface area contributed by atoms with Crippen molar-refractivity contribution in [1.82, 2.24) is 5.32 Å². The number of hydrogen-bond acceptors (Lipinski definition) is 4. The Bertz CT molecular complexity index is 577. The molecule has 0 bridgehead atoms. The number of rotatable bonds is 7. The highest BCUT2D eigenvalue weighted by atomic mass is 35.5. The summed E-state index contributed by atoms with van der Waals surface area (Å²) in [5.74, 6) is -1.31. The summed E-state index contributed by atoms with van der Waals surface area (Å²) in [6.07, 6.45) is 0.508. The number of amides is 1. The van der Waals surface area contributed by atoms with Crippen LogP contribution < -0.4 is 10.1 Å². The predicted molar refractivity (Wildman–Crippen MR) is 80.0 cm³/mol. The van der Waals surface area contributed by atoms with E-state index in [2.05, 4.69) is 5.32 Å². The van der Waals surface area contributed by atoms with Gasteiger partial charge in [-0.25, -0.2) is 4.79 Å². The van der Waals surface area contributed by atoms with E-state index in [1.54, 1.807) is 12.1 Å². The number of carbonyl (C=O) groups excluding carboxylic acids is 1. The lowest BCUT2D eigenvalue weighted by Gasteiger charge is -2.16. The lowest BCUT2D eigenvalue weighted by Crippen LogP contribution is -2.35. The highest BCUT2D eigenvalue weighted by Gasteiger charge is 2.45. The molecule has 0 aromatic heterocycles. The van der Waals surface area contributed by atoms with Gasteiger partial charge in [0.25, 0.3) is 0 Å². The molecule has 0 aliphatic heterocycles. The molecule has 1 amide bonds. The van der Waals surface area contributed by atoms with Crippen LogP contribution in [0.15, 0.2) is 18.2 Å². The molecule has 0 spiro atoms. The minimum atomic E-state index is -1.15. The van der Waals surface area contributed by atoms with Crippen molar-refractivity contribution in [2.45, 2.75) is 25.5 Å². The summed E-state index contributed by atoms with van der Waals surface area (Å²) >= 11 is 6.00. The van der Waals surface area contributed by atoms with Crippen molar-refractivity contribution >= 4 is 23.5 Å². The molecule has 3 atom stereocenters. The molecule has 1 aromatic rings. The number of hydrogen-bond donors (Lipinski definition) is 2. The van der Waals surface area contributed by atoms with Crippen molar-refractivity contribution in [2.75, 3.05) is 13.7 Å². The quantitative estimate of drug-likeness (QED) is 0.800. The first kappa shape index (κ1) is 16.6. The summed E-state index contributed by atoms with van der Waals surface area (Å²) in [6.45, 7) is 2.39. The van der Waals surface area contributed by atoms with Crippen LogP contribution in [0, 0.1) is 5.92 Å². The van der Waals surface area contributed by atoms with Crippen molar-refractivity contribution in [2.24, 2.45) is 5.92 Å². The molecule has 1 aliphatic carbocycles. The predicted octanol–water partition coefficient (Wildman–Crippen LogP) is 2.02. The molecule has 0 heterocycles. The molecule has 1 aliphatic rings. The van der Waals surface area contributed by atoms with Crippen molar-refractivity contribution < 1.29 is 24.2 Å². The van der Waals surface area contributed by atoms with E-state index in [-0.39, 0.29) is 17.9 Å². The van der Waals surface area contributed by atoms with E-state index >= 15 is 0 Å². The van der Waals surface area contributed by atoms with Gasteiger partial charge in [-0.1, -0.05) is 17.7 Å². The molecule has 2 N–H and O–H groups in total. The van der Waals surface area contributed by atoms with Crippen LogP contribution in [0.1, 0.15) is 24.9 Å². The molecular weight excluding hydrogens is 310 g/mol. The molecule has 1 fully saturated rings. The Labute approximate surface area is 133 Å². The summed E-state index contributed by atoms with van der Waals surface area (Å²) in [5.41, 5.74) is 0.389. The van der Waals surface area contributed by atoms with Gasteiger partial charge >= 0.3 is 5.97 Å². The average Bonchev–Trinajstić information content (AvgIpc) is 3.24. The Morgan fingerprint density at radius 1 is 1.50 bits per heavy atom. The number of nitrogens with one attached hydrogen (secondary N) is 1. The molecular formula is C15H18ClNO5.